The fourth-order valence-corrected chi connectivity index (χ4v) is 2.72. The topological polar surface area (TPSA) is 159 Å². The Labute approximate surface area is 172 Å². The molecule has 2 heterocycles. The molecule has 0 fully saturated rings. The predicted octanol–water partition coefficient (Wildman–Crippen LogP) is 0.975. The van der Waals surface area contributed by atoms with E-state index < -0.39 is 5.97 Å². The van der Waals surface area contributed by atoms with Crippen molar-refractivity contribution in [1.82, 2.24) is 19.9 Å². The fourth-order valence-electron chi connectivity index (χ4n) is 2.72. The van der Waals surface area contributed by atoms with E-state index in [1.54, 1.807) is 24.4 Å². The summed E-state index contributed by atoms with van der Waals surface area (Å²) in [5, 5.41) is 0. The molecule has 30 heavy (non-hydrogen) atoms. The van der Waals surface area contributed by atoms with Crippen molar-refractivity contribution in [2.75, 3.05) is 37.1 Å². The first kappa shape index (κ1) is 20.7. The first-order chi connectivity index (χ1) is 14.3. The van der Waals surface area contributed by atoms with Crippen LogP contribution in [-0.2, 0) is 16.1 Å². The van der Waals surface area contributed by atoms with Crippen molar-refractivity contribution < 1.29 is 19.1 Å². The number of Topliss-reactive ketones (excluding diaryl/α,β-unsaturated/α-hetero) is 1. The largest absolute Gasteiger partial charge is 0.485 e. The highest BCUT2D eigenvalue weighted by Gasteiger charge is 2.16. The smallest absolute Gasteiger partial charge is 0.341 e. The molecule has 0 spiro atoms. The predicted molar refractivity (Wildman–Crippen MR) is 110 cm³/mol. The molecule has 0 amide bonds. The Kier molecular flexibility index (Phi) is 5.90. The van der Waals surface area contributed by atoms with Gasteiger partial charge in [-0.3, -0.25) is 4.79 Å². The summed E-state index contributed by atoms with van der Waals surface area (Å²) in [7, 11) is 3.11. The van der Waals surface area contributed by atoms with Crippen LogP contribution in [0.5, 0.6) is 5.75 Å². The third-order valence-electron chi connectivity index (χ3n) is 4.14. The molecule has 11 heteroatoms. The minimum atomic E-state index is -0.558. The summed E-state index contributed by atoms with van der Waals surface area (Å²) < 4.78 is 10.3. The SMILES string of the molecule is COC(=O)c1ccc(N(C)Cc2cnc3nc(N)nc(N)c3n2)cc1OCC(C)=O. The van der Waals surface area contributed by atoms with Gasteiger partial charge in [-0.05, 0) is 19.1 Å². The minimum absolute atomic E-state index is 0.0305. The van der Waals surface area contributed by atoms with Crippen LogP contribution in [0.25, 0.3) is 11.2 Å². The highest BCUT2D eigenvalue weighted by molar-refractivity contribution is 5.93. The number of hydrogen-bond acceptors (Lipinski definition) is 11. The first-order valence-corrected chi connectivity index (χ1v) is 8.89. The number of aromatic nitrogens is 4. The van der Waals surface area contributed by atoms with Gasteiger partial charge < -0.3 is 25.8 Å². The van der Waals surface area contributed by atoms with Gasteiger partial charge in [0.15, 0.2) is 22.8 Å². The molecular weight excluding hydrogens is 390 g/mol. The van der Waals surface area contributed by atoms with Crippen LogP contribution in [0.3, 0.4) is 0 Å². The number of ether oxygens (including phenoxy) is 2. The molecule has 2 aromatic heterocycles. The number of hydrogen-bond donors (Lipinski definition) is 2. The van der Waals surface area contributed by atoms with Crippen molar-refractivity contribution in [1.29, 1.82) is 0 Å². The Hall–Kier alpha value is -4.02. The maximum Gasteiger partial charge on any atom is 0.341 e. The molecular formula is C19H21N7O4. The van der Waals surface area contributed by atoms with Crippen LogP contribution in [-0.4, -0.2) is 52.5 Å². The van der Waals surface area contributed by atoms with Crippen LogP contribution in [0, 0.1) is 0 Å². The minimum Gasteiger partial charge on any atom is -0.485 e. The zero-order valence-electron chi connectivity index (χ0n) is 16.7. The molecule has 0 aliphatic rings. The second kappa shape index (κ2) is 8.55. The van der Waals surface area contributed by atoms with Crippen molar-refractivity contribution in [2.24, 2.45) is 0 Å². The van der Waals surface area contributed by atoms with E-state index >= 15 is 0 Å². The monoisotopic (exact) mass is 411 g/mol. The number of fused-ring (bicyclic) bond motifs is 1. The number of esters is 1. The van der Waals surface area contributed by atoms with Crippen molar-refractivity contribution in [3.8, 4) is 5.75 Å². The van der Waals surface area contributed by atoms with Crippen LogP contribution in [0.1, 0.15) is 23.0 Å². The fraction of sp³-hybridized carbons (Fsp3) is 0.263. The lowest BCUT2D eigenvalue weighted by molar-refractivity contribution is -0.118. The van der Waals surface area contributed by atoms with Gasteiger partial charge in [-0.25, -0.2) is 14.8 Å². The maximum atomic E-state index is 12.0. The van der Waals surface area contributed by atoms with E-state index in [1.807, 2.05) is 11.9 Å². The quantitative estimate of drug-likeness (QED) is 0.533. The number of methoxy groups -OCH3 is 1. The van der Waals surface area contributed by atoms with E-state index in [9.17, 15) is 9.59 Å². The van der Waals surface area contributed by atoms with Gasteiger partial charge >= 0.3 is 5.97 Å². The molecule has 11 nitrogen and oxygen atoms in total. The third kappa shape index (κ3) is 4.51. The molecule has 3 aromatic rings. The lowest BCUT2D eigenvalue weighted by Gasteiger charge is -2.20. The molecule has 0 aliphatic carbocycles. The molecule has 156 valence electrons. The van der Waals surface area contributed by atoms with Gasteiger partial charge in [-0.2, -0.15) is 9.97 Å². The molecule has 4 N–H and O–H groups in total. The van der Waals surface area contributed by atoms with Crippen molar-refractivity contribution in [3.63, 3.8) is 0 Å². The van der Waals surface area contributed by atoms with Gasteiger partial charge in [0.1, 0.15) is 17.9 Å². The lowest BCUT2D eigenvalue weighted by Crippen LogP contribution is -2.19. The number of carbonyl (C=O) groups excluding carboxylic acids is 2. The average molecular weight is 411 g/mol. The Morgan fingerprint density at radius 1 is 1.17 bits per heavy atom. The molecule has 0 unspecified atom stereocenters. The van der Waals surface area contributed by atoms with Gasteiger partial charge in [-0.1, -0.05) is 0 Å². The normalized spacial score (nSPS) is 10.6. The Morgan fingerprint density at radius 3 is 2.63 bits per heavy atom. The van der Waals surface area contributed by atoms with Crippen molar-refractivity contribution in [2.45, 2.75) is 13.5 Å². The number of carbonyl (C=O) groups is 2. The van der Waals surface area contributed by atoms with Gasteiger partial charge in [0.05, 0.1) is 25.5 Å². The van der Waals surface area contributed by atoms with Gasteiger partial charge in [-0.15, -0.1) is 0 Å². The van der Waals surface area contributed by atoms with E-state index in [0.717, 1.165) is 5.69 Å². The number of ketones is 1. The molecule has 0 atom stereocenters. The Balaban J connectivity index is 1.88. The molecule has 0 saturated heterocycles. The van der Waals surface area contributed by atoms with Gasteiger partial charge in [0.2, 0.25) is 5.95 Å². The second-order valence-electron chi connectivity index (χ2n) is 6.52. The summed E-state index contributed by atoms with van der Waals surface area (Å²) in [5.74, 6) is -0.298. The van der Waals surface area contributed by atoms with Crippen LogP contribution in [0.15, 0.2) is 24.4 Å². The summed E-state index contributed by atoms with van der Waals surface area (Å²) in [4.78, 5) is 41.7. The second-order valence-corrected chi connectivity index (χ2v) is 6.52. The molecule has 1 aromatic carbocycles. The zero-order valence-corrected chi connectivity index (χ0v) is 16.7. The van der Waals surface area contributed by atoms with Gasteiger partial charge in [0, 0.05) is 18.8 Å². The zero-order chi connectivity index (χ0) is 21.8. The highest BCUT2D eigenvalue weighted by atomic mass is 16.5. The van der Waals surface area contributed by atoms with E-state index in [2.05, 4.69) is 19.9 Å². The molecule has 0 aliphatic heterocycles. The molecule has 0 radical (unpaired) electrons. The van der Waals surface area contributed by atoms with Gasteiger partial charge in [0.25, 0.3) is 0 Å². The number of rotatable bonds is 7. The maximum absolute atomic E-state index is 12.0. The van der Waals surface area contributed by atoms with E-state index in [0.29, 0.717) is 23.4 Å². The Morgan fingerprint density at radius 2 is 1.93 bits per heavy atom. The first-order valence-electron chi connectivity index (χ1n) is 8.89. The van der Waals surface area contributed by atoms with E-state index in [-0.39, 0.29) is 35.5 Å². The summed E-state index contributed by atoms with van der Waals surface area (Å²) in [5.41, 5.74) is 13.7. The highest BCUT2D eigenvalue weighted by Crippen LogP contribution is 2.27. The molecule has 3 rings (SSSR count). The number of nitrogen functional groups attached to an aromatic ring is 2. The number of anilines is 3. The van der Waals surface area contributed by atoms with E-state index in [1.165, 1.54) is 14.0 Å². The third-order valence-corrected chi connectivity index (χ3v) is 4.14. The van der Waals surface area contributed by atoms with E-state index in [4.69, 9.17) is 20.9 Å². The summed E-state index contributed by atoms with van der Waals surface area (Å²) >= 11 is 0. The number of nitrogens with zero attached hydrogens (tertiary/aromatic N) is 5. The summed E-state index contributed by atoms with van der Waals surface area (Å²) in [6, 6.07) is 4.97. The summed E-state index contributed by atoms with van der Waals surface area (Å²) in [6.07, 6.45) is 1.57. The Bertz CT molecular complexity index is 1120. The van der Waals surface area contributed by atoms with Crippen LogP contribution >= 0.6 is 0 Å². The lowest BCUT2D eigenvalue weighted by atomic mass is 10.1. The standard InChI is InChI=1S/C19H21N7O4/c1-10(27)9-30-14-6-12(4-5-13(14)18(28)29-3)26(2)8-11-7-22-17-15(23-11)16(20)24-19(21)25-17/h4-7H,8-9H2,1-3H3,(H4,20,21,22,24,25). The average Bonchev–Trinajstić information content (AvgIpc) is 2.71. The molecule has 0 bridgehead atoms. The van der Waals surface area contributed by atoms with Crippen molar-refractivity contribution >= 4 is 40.4 Å². The van der Waals surface area contributed by atoms with Crippen LogP contribution in [0.4, 0.5) is 17.5 Å². The number of nitrogens with two attached hydrogens (primary N) is 2. The molecule has 0 saturated carbocycles. The number of benzene rings is 1. The van der Waals surface area contributed by atoms with Crippen molar-refractivity contribution in [3.05, 3.63) is 35.7 Å². The van der Waals surface area contributed by atoms with Crippen LogP contribution < -0.4 is 21.1 Å². The summed E-state index contributed by atoms with van der Waals surface area (Å²) in [6.45, 7) is 1.61. The van der Waals surface area contributed by atoms with Crippen LogP contribution in [0.2, 0.25) is 0 Å².